The molecule has 4 rings (SSSR count). The number of amides is 2. The van der Waals surface area contributed by atoms with Gasteiger partial charge in [0, 0.05) is 50.9 Å². The number of H-pyrrole nitrogens is 2. The summed E-state index contributed by atoms with van der Waals surface area (Å²) in [4.78, 5) is 50.1. The van der Waals surface area contributed by atoms with Crippen molar-refractivity contribution in [2.45, 2.75) is 31.7 Å². The Morgan fingerprint density at radius 1 is 1.15 bits per heavy atom. The van der Waals surface area contributed by atoms with E-state index in [4.69, 9.17) is 0 Å². The molecule has 0 aromatic carbocycles. The van der Waals surface area contributed by atoms with Gasteiger partial charge in [-0.1, -0.05) is 0 Å². The predicted molar refractivity (Wildman–Crippen MR) is 93.6 cm³/mol. The molecule has 2 aliphatic rings. The molecule has 0 bridgehead atoms. The Balaban J connectivity index is 1.58. The van der Waals surface area contributed by atoms with Gasteiger partial charge in [0.1, 0.15) is 0 Å². The SMILES string of the molecule is CC(=O)N1CCc2[nH]cnc2C12CCN(C(=O)c1ccc(=O)[nH]c1)CC2. The lowest BCUT2D eigenvalue weighted by molar-refractivity contribution is -0.139. The van der Waals surface area contributed by atoms with Crippen molar-refractivity contribution in [3.63, 3.8) is 0 Å². The molecule has 1 saturated heterocycles. The molecule has 2 aromatic rings. The van der Waals surface area contributed by atoms with Crippen LogP contribution in [0.15, 0.2) is 29.5 Å². The summed E-state index contributed by atoms with van der Waals surface area (Å²) in [5.41, 5.74) is 1.82. The van der Waals surface area contributed by atoms with E-state index in [2.05, 4.69) is 15.0 Å². The third-order valence-electron chi connectivity index (χ3n) is 5.55. The largest absolute Gasteiger partial charge is 0.348 e. The van der Waals surface area contributed by atoms with Crippen molar-refractivity contribution < 1.29 is 9.59 Å². The molecule has 2 aliphatic heterocycles. The number of imidazole rings is 1. The van der Waals surface area contributed by atoms with Crippen LogP contribution in [0.25, 0.3) is 0 Å². The van der Waals surface area contributed by atoms with Gasteiger partial charge in [-0.05, 0) is 18.9 Å². The van der Waals surface area contributed by atoms with Gasteiger partial charge in [-0.15, -0.1) is 0 Å². The Kier molecular flexibility index (Phi) is 3.90. The number of carbonyl (C=O) groups is 2. The summed E-state index contributed by atoms with van der Waals surface area (Å²) < 4.78 is 0. The summed E-state index contributed by atoms with van der Waals surface area (Å²) in [6.45, 7) is 3.33. The second-order valence-electron chi connectivity index (χ2n) is 6.92. The number of pyridine rings is 1. The number of carbonyl (C=O) groups excluding carboxylic acids is 2. The first kappa shape index (κ1) is 16.6. The molecule has 2 N–H and O–H groups in total. The van der Waals surface area contributed by atoms with E-state index in [0.717, 1.165) is 17.8 Å². The lowest BCUT2D eigenvalue weighted by Crippen LogP contribution is -2.58. The minimum atomic E-state index is -0.443. The zero-order valence-corrected chi connectivity index (χ0v) is 14.6. The van der Waals surface area contributed by atoms with Crippen molar-refractivity contribution in [2.24, 2.45) is 0 Å². The quantitative estimate of drug-likeness (QED) is 0.783. The molecule has 2 aromatic heterocycles. The average Bonchev–Trinajstić information content (AvgIpc) is 3.12. The normalized spacial score (nSPS) is 18.7. The van der Waals surface area contributed by atoms with E-state index in [1.54, 1.807) is 24.2 Å². The van der Waals surface area contributed by atoms with Crippen LogP contribution >= 0.6 is 0 Å². The smallest absolute Gasteiger partial charge is 0.255 e. The van der Waals surface area contributed by atoms with Crippen molar-refractivity contribution >= 4 is 11.8 Å². The minimum Gasteiger partial charge on any atom is -0.348 e. The fourth-order valence-corrected chi connectivity index (χ4v) is 4.25. The highest BCUT2D eigenvalue weighted by Gasteiger charge is 2.48. The van der Waals surface area contributed by atoms with Crippen molar-refractivity contribution in [3.05, 3.63) is 52.0 Å². The first-order chi connectivity index (χ1) is 12.5. The average molecular weight is 355 g/mol. The summed E-state index contributed by atoms with van der Waals surface area (Å²) in [7, 11) is 0. The number of aromatic amines is 2. The van der Waals surface area contributed by atoms with Crippen LogP contribution in [0, 0.1) is 0 Å². The minimum absolute atomic E-state index is 0.0408. The van der Waals surface area contributed by atoms with Crippen LogP contribution in [0.5, 0.6) is 0 Å². The number of nitrogens with zero attached hydrogens (tertiary/aromatic N) is 3. The third kappa shape index (κ3) is 2.53. The molecule has 0 saturated carbocycles. The van der Waals surface area contributed by atoms with Gasteiger partial charge in [0.25, 0.3) is 5.91 Å². The molecule has 8 heteroatoms. The predicted octanol–water partition coefficient (Wildman–Crippen LogP) is 0.634. The molecule has 2 amide bonds. The third-order valence-corrected chi connectivity index (χ3v) is 5.55. The summed E-state index contributed by atoms with van der Waals surface area (Å²) in [6.07, 6.45) is 5.22. The van der Waals surface area contributed by atoms with Gasteiger partial charge in [0.05, 0.1) is 23.1 Å². The Morgan fingerprint density at radius 2 is 1.92 bits per heavy atom. The van der Waals surface area contributed by atoms with E-state index in [9.17, 15) is 14.4 Å². The van der Waals surface area contributed by atoms with E-state index in [0.29, 0.717) is 38.0 Å². The Hall–Kier alpha value is -2.90. The van der Waals surface area contributed by atoms with Gasteiger partial charge < -0.3 is 19.8 Å². The molecule has 1 fully saturated rings. The maximum atomic E-state index is 12.7. The van der Waals surface area contributed by atoms with Gasteiger partial charge in [-0.25, -0.2) is 4.98 Å². The molecule has 8 nitrogen and oxygen atoms in total. The van der Waals surface area contributed by atoms with Crippen molar-refractivity contribution in [1.29, 1.82) is 0 Å². The van der Waals surface area contributed by atoms with Gasteiger partial charge in [0.15, 0.2) is 0 Å². The highest BCUT2D eigenvalue weighted by atomic mass is 16.2. The number of hydrogen-bond donors (Lipinski definition) is 2. The maximum Gasteiger partial charge on any atom is 0.255 e. The van der Waals surface area contributed by atoms with Crippen LogP contribution in [-0.4, -0.2) is 56.2 Å². The zero-order valence-electron chi connectivity index (χ0n) is 14.6. The number of likely N-dealkylation sites (tertiary alicyclic amines) is 1. The molecule has 0 atom stereocenters. The highest BCUT2D eigenvalue weighted by molar-refractivity contribution is 5.94. The highest BCUT2D eigenvalue weighted by Crippen LogP contribution is 2.42. The van der Waals surface area contributed by atoms with Crippen molar-refractivity contribution in [1.82, 2.24) is 24.8 Å². The summed E-state index contributed by atoms with van der Waals surface area (Å²) >= 11 is 0. The molecule has 0 unspecified atom stereocenters. The fourth-order valence-electron chi connectivity index (χ4n) is 4.25. The molecular formula is C18H21N5O3. The fraction of sp³-hybridized carbons (Fsp3) is 0.444. The van der Waals surface area contributed by atoms with Gasteiger partial charge in [-0.2, -0.15) is 0 Å². The molecule has 0 aliphatic carbocycles. The topological polar surface area (TPSA) is 102 Å². The molecule has 4 heterocycles. The summed E-state index contributed by atoms with van der Waals surface area (Å²) in [6, 6.07) is 2.90. The lowest BCUT2D eigenvalue weighted by atomic mass is 9.78. The standard InChI is InChI=1S/C18H21N5O3/c1-12(24)23-7-4-14-16(21-11-20-14)18(23)5-8-22(9-6-18)17(26)13-2-3-15(25)19-10-13/h2-3,10-11H,4-9H2,1H3,(H,19,25)(H,20,21). The van der Waals surface area contributed by atoms with E-state index < -0.39 is 5.54 Å². The van der Waals surface area contributed by atoms with Gasteiger partial charge in [-0.3, -0.25) is 14.4 Å². The number of fused-ring (bicyclic) bond motifs is 2. The Morgan fingerprint density at radius 3 is 2.58 bits per heavy atom. The monoisotopic (exact) mass is 355 g/mol. The number of rotatable bonds is 1. The molecule has 136 valence electrons. The van der Waals surface area contributed by atoms with Crippen LogP contribution in [0.4, 0.5) is 0 Å². The first-order valence-corrected chi connectivity index (χ1v) is 8.80. The Labute approximate surface area is 150 Å². The number of aromatic nitrogens is 3. The van der Waals surface area contributed by atoms with Gasteiger partial charge >= 0.3 is 0 Å². The van der Waals surface area contributed by atoms with Crippen molar-refractivity contribution in [2.75, 3.05) is 19.6 Å². The second-order valence-corrected chi connectivity index (χ2v) is 6.92. The second kappa shape index (κ2) is 6.12. The first-order valence-electron chi connectivity index (χ1n) is 8.80. The van der Waals surface area contributed by atoms with E-state index >= 15 is 0 Å². The Bertz CT molecular complexity index is 887. The zero-order chi connectivity index (χ0) is 18.3. The van der Waals surface area contributed by atoms with E-state index in [-0.39, 0.29) is 17.4 Å². The van der Waals surface area contributed by atoms with Gasteiger partial charge in [0.2, 0.25) is 11.5 Å². The summed E-state index contributed by atoms with van der Waals surface area (Å²) in [5.74, 6) is -0.0670. The maximum absolute atomic E-state index is 12.7. The van der Waals surface area contributed by atoms with Crippen LogP contribution in [0.1, 0.15) is 41.5 Å². The molecule has 0 radical (unpaired) electrons. The van der Waals surface area contributed by atoms with Crippen molar-refractivity contribution in [3.8, 4) is 0 Å². The number of hydrogen-bond acceptors (Lipinski definition) is 4. The molecule has 26 heavy (non-hydrogen) atoms. The molecular weight excluding hydrogens is 334 g/mol. The number of nitrogens with one attached hydrogen (secondary N) is 2. The van der Waals surface area contributed by atoms with Crippen LogP contribution < -0.4 is 5.56 Å². The van der Waals surface area contributed by atoms with Crippen LogP contribution in [-0.2, 0) is 16.8 Å². The van der Waals surface area contributed by atoms with Crippen LogP contribution in [0.3, 0.4) is 0 Å². The van der Waals surface area contributed by atoms with Crippen LogP contribution in [0.2, 0.25) is 0 Å². The molecule has 1 spiro atoms. The number of piperidine rings is 1. The van der Waals surface area contributed by atoms with E-state index in [1.807, 2.05) is 4.90 Å². The van der Waals surface area contributed by atoms with E-state index in [1.165, 1.54) is 12.3 Å². The lowest BCUT2D eigenvalue weighted by Gasteiger charge is -2.50. The summed E-state index contributed by atoms with van der Waals surface area (Å²) in [5, 5.41) is 0.